The molecule has 1 N–H and O–H groups in total. The van der Waals surface area contributed by atoms with Crippen LogP contribution in [0.2, 0.25) is 0 Å². The van der Waals surface area contributed by atoms with Crippen LogP contribution in [0.1, 0.15) is 39.5 Å². The smallest absolute Gasteiger partial charge is 0.0883 e. The van der Waals surface area contributed by atoms with E-state index in [-0.39, 0.29) is 11.7 Å². The molecule has 1 aliphatic rings. The first-order valence-electron chi connectivity index (χ1n) is 4.81. The lowest BCUT2D eigenvalue weighted by Gasteiger charge is -2.33. The zero-order valence-corrected chi connectivity index (χ0v) is 8.34. The highest BCUT2D eigenvalue weighted by atomic mass is 16.5. The first-order chi connectivity index (χ1) is 5.58. The van der Waals surface area contributed by atoms with Gasteiger partial charge in [-0.2, -0.15) is 0 Å². The van der Waals surface area contributed by atoms with Crippen LogP contribution in [0.25, 0.3) is 0 Å². The molecule has 0 spiro atoms. The molecule has 1 unspecified atom stereocenters. The van der Waals surface area contributed by atoms with Crippen molar-refractivity contribution in [1.29, 1.82) is 0 Å². The number of rotatable bonds is 3. The van der Waals surface area contributed by atoms with Crippen LogP contribution in [0.4, 0.5) is 0 Å². The van der Waals surface area contributed by atoms with Crippen molar-refractivity contribution in [2.75, 3.05) is 7.11 Å². The summed E-state index contributed by atoms with van der Waals surface area (Å²) in [6, 6.07) is 0. The van der Waals surface area contributed by atoms with Gasteiger partial charge in [0.25, 0.3) is 0 Å². The molecule has 12 heavy (non-hydrogen) atoms. The fourth-order valence-electron chi connectivity index (χ4n) is 1.96. The summed E-state index contributed by atoms with van der Waals surface area (Å²) in [5, 5.41) is 9.95. The van der Waals surface area contributed by atoms with Crippen LogP contribution in [0.3, 0.4) is 0 Å². The van der Waals surface area contributed by atoms with Crippen LogP contribution in [0.5, 0.6) is 0 Å². The molecule has 0 aliphatic heterocycles. The minimum absolute atomic E-state index is 0.301. The highest BCUT2D eigenvalue weighted by Gasteiger charge is 2.35. The Labute approximate surface area is 74.9 Å². The number of methoxy groups -OCH3 is 1. The Hall–Kier alpha value is -0.0800. The predicted octanol–water partition coefficient (Wildman–Crippen LogP) is 1.96. The second-order valence-corrected chi connectivity index (χ2v) is 4.30. The lowest BCUT2D eigenvalue weighted by molar-refractivity contribution is -0.1000. The number of hydrogen-bond acceptors (Lipinski definition) is 2. The van der Waals surface area contributed by atoms with Crippen LogP contribution in [-0.2, 0) is 4.74 Å². The maximum Gasteiger partial charge on any atom is 0.0883 e. The Morgan fingerprint density at radius 3 is 2.25 bits per heavy atom. The molecule has 0 aromatic carbocycles. The summed E-state index contributed by atoms with van der Waals surface area (Å²) < 4.78 is 5.26. The molecule has 1 atom stereocenters. The van der Waals surface area contributed by atoms with Crippen molar-refractivity contribution in [3.63, 3.8) is 0 Å². The van der Waals surface area contributed by atoms with E-state index in [9.17, 15) is 5.11 Å². The Balaban J connectivity index is 2.50. The monoisotopic (exact) mass is 172 g/mol. The van der Waals surface area contributed by atoms with Crippen LogP contribution >= 0.6 is 0 Å². The van der Waals surface area contributed by atoms with E-state index < -0.39 is 0 Å². The molecule has 2 nitrogen and oxygen atoms in total. The number of aliphatic hydroxyl groups excluding tert-OH is 1. The van der Waals surface area contributed by atoms with E-state index in [1.54, 1.807) is 7.11 Å². The number of ether oxygens (including phenoxy) is 1. The third kappa shape index (κ3) is 1.99. The molecule has 0 amide bonds. The molecule has 72 valence electrons. The van der Waals surface area contributed by atoms with Gasteiger partial charge in [0.2, 0.25) is 0 Å². The summed E-state index contributed by atoms with van der Waals surface area (Å²) in [5.74, 6) is 0.458. The molecule has 1 rings (SSSR count). The molecule has 0 heterocycles. The molecular formula is C10H20O2. The second-order valence-electron chi connectivity index (χ2n) is 4.30. The second kappa shape index (κ2) is 3.75. The van der Waals surface area contributed by atoms with E-state index >= 15 is 0 Å². The average molecular weight is 172 g/mol. The van der Waals surface area contributed by atoms with Gasteiger partial charge in [-0.05, 0) is 32.6 Å². The van der Waals surface area contributed by atoms with E-state index in [1.807, 2.05) is 13.8 Å². The third-order valence-corrected chi connectivity index (χ3v) is 3.08. The summed E-state index contributed by atoms with van der Waals surface area (Å²) in [5.41, 5.74) is -0.380. The van der Waals surface area contributed by atoms with Gasteiger partial charge in [-0.1, -0.05) is 12.8 Å². The average Bonchev–Trinajstić information content (AvgIpc) is 2.55. The van der Waals surface area contributed by atoms with Crippen molar-refractivity contribution >= 4 is 0 Å². The normalized spacial score (nSPS) is 23.0. The summed E-state index contributed by atoms with van der Waals surface area (Å²) >= 11 is 0. The SMILES string of the molecule is COC(C)(C)C(O)C1CCCC1. The molecule has 1 aliphatic carbocycles. The zero-order chi connectivity index (χ0) is 9.19. The fraction of sp³-hybridized carbons (Fsp3) is 1.00. The molecule has 0 saturated heterocycles. The van der Waals surface area contributed by atoms with Crippen molar-refractivity contribution in [2.24, 2.45) is 5.92 Å². The van der Waals surface area contributed by atoms with Gasteiger partial charge in [0.1, 0.15) is 0 Å². The molecule has 0 radical (unpaired) electrons. The third-order valence-electron chi connectivity index (χ3n) is 3.08. The van der Waals surface area contributed by atoms with Gasteiger partial charge in [-0.25, -0.2) is 0 Å². The van der Waals surface area contributed by atoms with Crippen molar-refractivity contribution in [3.05, 3.63) is 0 Å². The highest BCUT2D eigenvalue weighted by molar-refractivity contribution is 4.86. The van der Waals surface area contributed by atoms with E-state index in [2.05, 4.69) is 0 Å². The minimum atomic E-state index is -0.380. The Morgan fingerprint density at radius 1 is 1.33 bits per heavy atom. The predicted molar refractivity (Wildman–Crippen MR) is 49.1 cm³/mol. The fourth-order valence-corrected chi connectivity index (χ4v) is 1.96. The van der Waals surface area contributed by atoms with E-state index in [4.69, 9.17) is 4.74 Å². The van der Waals surface area contributed by atoms with E-state index in [1.165, 1.54) is 12.8 Å². The van der Waals surface area contributed by atoms with Crippen LogP contribution in [0, 0.1) is 5.92 Å². The van der Waals surface area contributed by atoms with Crippen molar-refractivity contribution in [1.82, 2.24) is 0 Å². The zero-order valence-electron chi connectivity index (χ0n) is 8.34. The standard InChI is InChI=1S/C10H20O2/c1-10(2,12-3)9(11)8-6-4-5-7-8/h8-9,11H,4-7H2,1-3H3. The van der Waals surface area contributed by atoms with Gasteiger partial charge in [0, 0.05) is 7.11 Å². The quantitative estimate of drug-likeness (QED) is 0.705. The summed E-state index contributed by atoms with van der Waals surface area (Å²) in [6.45, 7) is 3.91. The summed E-state index contributed by atoms with van der Waals surface area (Å²) in [7, 11) is 1.66. The lowest BCUT2D eigenvalue weighted by Crippen LogP contribution is -2.42. The molecule has 1 saturated carbocycles. The Kier molecular flexibility index (Phi) is 3.13. The van der Waals surface area contributed by atoms with Crippen molar-refractivity contribution in [2.45, 2.75) is 51.2 Å². The number of aliphatic hydroxyl groups is 1. The van der Waals surface area contributed by atoms with Gasteiger partial charge >= 0.3 is 0 Å². The minimum Gasteiger partial charge on any atom is -0.390 e. The molecule has 1 fully saturated rings. The topological polar surface area (TPSA) is 29.5 Å². The largest absolute Gasteiger partial charge is 0.390 e. The van der Waals surface area contributed by atoms with Crippen molar-refractivity contribution < 1.29 is 9.84 Å². The Morgan fingerprint density at radius 2 is 1.83 bits per heavy atom. The van der Waals surface area contributed by atoms with Gasteiger partial charge in [0.05, 0.1) is 11.7 Å². The van der Waals surface area contributed by atoms with Gasteiger partial charge in [-0.3, -0.25) is 0 Å². The van der Waals surface area contributed by atoms with Crippen LogP contribution in [-0.4, -0.2) is 23.9 Å². The first kappa shape index (κ1) is 10.0. The lowest BCUT2D eigenvalue weighted by atomic mass is 9.88. The van der Waals surface area contributed by atoms with Crippen LogP contribution < -0.4 is 0 Å². The molecule has 0 aromatic heterocycles. The molecule has 2 heteroatoms. The summed E-state index contributed by atoms with van der Waals surface area (Å²) in [6.07, 6.45) is 4.55. The van der Waals surface area contributed by atoms with Gasteiger partial charge in [0.15, 0.2) is 0 Å². The highest BCUT2D eigenvalue weighted by Crippen LogP contribution is 2.33. The first-order valence-corrected chi connectivity index (χ1v) is 4.81. The summed E-state index contributed by atoms with van der Waals surface area (Å²) in [4.78, 5) is 0. The molecule has 0 aromatic rings. The van der Waals surface area contributed by atoms with Gasteiger partial charge < -0.3 is 9.84 Å². The number of hydrogen-bond donors (Lipinski definition) is 1. The molecular weight excluding hydrogens is 152 g/mol. The van der Waals surface area contributed by atoms with E-state index in [0.717, 1.165) is 12.8 Å². The molecule has 0 bridgehead atoms. The maximum absolute atomic E-state index is 9.95. The van der Waals surface area contributed by atoms with Crippen LogP contribution in [0.15, 0.2) is 0 Å². The van der Waals surface area contributed by atoms with Gasteiger partial charge in [-0.15, -0.1) is 0 Å². The Bertz CT molecular complexity index is 137. The van der Waals surface area contributed by atoms with E-state index in [0.29, 0.717) is 5.92 Å². The van der Waals surface area contributed by atoms with Crippen molar-refractivity contribution in [3.8, 4) is 0 Å². The maximum atomic E-state index is 9.95.